The summed E-state index contributed by atoms with van der Waals surface area (Å²) in [7, 11) is 1.56. The fraction of sp³-hybridized carbons (Fsp3) is 0.562. The summed E-state index contributed by atoms with van der Waals surface area (Å²) in [5, 5.41) is 3.06. The molecule has 1 amide bonds. The Hall–Kier alpha value is -1.71. The highest BCUT2D eigenvalue weighted by Gasteiger charge is 2.27. The van der Waals surface area contributed by atoms with Crippen molar-refractivity contribution in [3.63, 3.8) is 0 Å². The van der Waals surface area contributed by atoms with Crippen molar-refractivity contribution >= 4 is 11.6 Å². The van der Waals surface area contributed by atoms with Crippen molar-refractivity contribution in [2.24, 2.45) is 5.41 Å². The van der Waals surface area contributed by atoms with Crippen molar-refractivity contribution in [2.45, 2.75) is 46.6 Å². The molecule has 0 bridgehead atoms. The van der Waals surface area contributed by atoms with Crippen LogP contribution in [-0.2, 0) is 0 Å². The molecule has 1 rings (SSSR count). The number of nitrogen functional groups attached to an aromatic ring is 1. The molecule has 3 N–H and O–H groups in total. The Morgan fingerprint density at radius 3 is 2.30 bits per heavy atom. The number of methoxy groups -OCH3 is 1. The van der Waals surface area contributed by atoms with Crippen LogP contribution in [0.3, 0.4) is 0 Å². The van der Waals surface area contributed by atoms with E-state index in [-0.39, 0.29) is 16.9 Å². The standard InChI is InChI=1S/C16H26N2O2/c1-15(2,3)10-16(4,5)18-14(19)11-7-12(17)9-13(8-11)20-6/h7-9H,10,17H2,1-6H3,(H,18,19). The van der Waals surface area contributed by atoms with Gasteiger partial charge in [0.15, 0.2) is 0 Å². The van der Waals surface area contributed by atoms with E-state index in [0.717, 1.165) is 6.42 Å². The van der Waals surface area contributed by atoms with Gasteiger partial charge in [-0.05, 0) is 37.8 Å². The quantitative estimate of drug-likeness (QED) is 0.831. The second kappa shape index (κ2) is 5.73. The van der Waals surface area contributed by atoms with Crippen LogP contribution in [0.1, 0.15) is 51.4 Å². The van der Waals surface area contributed by atoms with Crippen LogP contribution in [0.2, 0.25) is 0 Å². The van der Waals surface area contributed by atoms with Gasteiger partial charge in [-0.2, -0.15) is 0 Å². The van der Waals surface area contributed by atoms with E-state index >= 15 is 0 Å². The van der Waals surface area contributed by atoms with Crippen LogP contribution < -0.4 is 15.8 Å². The Morgan fingerprint density at radius 1 is 1.20 bits per heavy atom. The lowest BCUT2D eigenvalue weighted by Gasteiger charge is -2.33. The zero-order chi connectivity index (χ0) is 15.6. The van der Waals surface area contributed by atoms with Crippen LogP contribution >= 0.6 is 0 Å². The summed E-state index contributed by atoms with van der Waals surface area (Å²) in [5.41, 5.74) is 6.67. The summed E-state index contributed by atoms with van der Waals surface area (Å²) < 4.78 is 5.14. The largest absolute Gasteiger partial charge is 0.497 e. The molecule has 0 aromatic heterocycles. The molecule has 20 heavy (non-hydrogen) atoms. The predicted octanol–water partition coefficient (Wildman–Crippen LogP) is 3.22. The lowest BCUT2D eigenvalue weighted by Crippen LogP contribution is -2.45. The molecule has 0 unspecified atom stereocenters. The molecule has 112 valence electrons. The van der Waals surface area contributed by atoms with Gasteiger partial charge in [-0.3, -0.25) is 4.79 Å². The SMILES string of the molecule is COc1cc(N)cc(C(=O)NC(C)(C)CC(C)(C)C)c1. The molecule has 1 aromatic rings. The van der Waals surface area contributed by atoms with Gasteiger partial charge >= 0.3 is 0 Å². The Bertz CT molecular complexity index is 488. The van der Waals surface area contributed by atoms with E-state index in [4.69, 9.17) is 10.5 Å². The molecule has 1 aromatic carbocycles. The van der Waals surface area contributed by atoms with E-state index in [0.29, 0.717) is 17.0 Å². The van der Waals surface area contributed by atoms with E-state index in [9.17, 15) is 4.79 Å². The first-order chi connectivity index (χ1) is 9.02. The van der Waals surface area contributed by atoms with Gasteiger partial charge in [0.1, 0.15) is 5.75 Å². The molecule has 0 fully saturated rings. The predicted molar refractivity (Wildman–Crippen MR) is 83.0 cm³/mol. The fourth-order valence-electron chi connectivity index (χ4n) is 2.62. The van der Waals surface area contributed by atoms with Gasteiger partial charge in [0, 0.05) is 22.9 Å². The second-order valence-electron chi connectivity index (χ2n) is 7.07. The fourth-order valence-corrected chi connectivity index (χ4v) is 2.62. The first-order valence-corrected chi connectivity index (χ1v) is 6.79. The Morgan fingerprint density at radius 2 is 1.80 bits per heavy atom. The summed E-state index contributed by atoms with van der Waals surface area (Å²) in [6.07, 6.45) is 0.880. The summed E-state index contributed by atoms with van der Waals surface area (Å²) in [5.74, 6) is 0.452. The average Bonchev–Trinajstić information content (AvgIpc) is 2.23. The maximum atomic E-state index is 12.3. The van der Waals surface area contributed by atoms with Crippen LogP contribution in [0, 0.1) is 5.41 Å². The lowest BCUT2D eigenvalue weighted by atomic mass is 9.81. The molecule has 0 aliphatic heterocycles. The van der Waals surface area contributed by atoms with E-state index in [1.165, 1.54) is 0 Å². The number of carbonyl (C=O) groups excluding carboxylic acids is 1. The number of nitrogens with one attached hydrogen (secondary N) is 1. The number of nitrogens with two attached hydrogens (primary N) is 1. The van der Waals surface area contributed by atoms with Gasteiger partial charge in [0.2, 0.25) is 0 Å². The van der Waals surface area contributed by atoms with Gasteiger partial charge in [0.25, 0.3) is 5.91 Å². The number of hydrogen-bond acceptors (Lipinski definition) is 3. The maximum absolute atomic E-state index is 12.3. The van der Waals surface area contributed by atoms with Crippen molar-refractivity contribution in [1.29, 1.82) is 0 Å². The zero-order valence-corrected chi connectivity index (χ0v) is 13.3. The Kier molecular flexibility index (Phi) is 4.69. The minimum atomic E-state index is -0.285. The number of ether oxygens (including phenoxy) is 1. The van der Waals surface area contributed by atoms with Crippen molar-refractivity contribution in [1.82, 2.24) is 5.32 Å². The molecule has 4 heteroatoms. The third-order valence-electron chi connectivity index (χ3n) is 2.85. The van der Waals surface area contributed by atoms with Gasteiger partial charge < -0.3 is 15.8 Å². The lowest BCUT2D eigenvalue weighted by molar-refractivity contribution is 0.0891. The van der Waals surface area contributed by atoms with Crippen molar-refractivity contribution in [2.75, 3.05) is 12.8 Å². The molecule has 0 saturated carbocycles. The summed E-state index contributed by atoms with van der Waals surface area (Å²) in [6.45, 7) is 10.5. The van der Waals surface area contributed by atoms with Crippen LogP contribution in [0.5, 0.6) is 5.75 Å². The van der Waals surface area contributed by atoms with Crippen LogP contribution in [0.25, 0.3) is 0 Å². The van der Waals surface area contributed by atoms with E-state index < -0.39 is 0 Å². The van der Waals surface area contributed by atoms with E-state index in [1.54, 1.807) is 25.3 Å². The molecule has 0 aliphatic carbocycles. The molecular formula is C16H26N2O2. The van der Waals surface area contributed by atoms with Crippen molar-refractivity contribution in [3.05, 3.63) is 23.8 Å². The Balaban J connectivity index is 2.88. The molecule has 0 heterocycles. The second-order valence-corrected chi connectivity index (χ2v) is 7.07. The monoisotopic (exact) mass is 278 g/mol. The zero-order valence-electron chi connectivity index (χ0n) is 13.3. The maximum Gasteiger partial charge on any atom is 0.251 e. The highest BCUT2D eigenvalue weighted by molar-refractivity contribution is 5.96. The van der Waals surface area contributed by atoms with Gasteiger partial charge in [0.05, 0.1) is 7.11 Å². The first kappa shape index (κ1) is 16.3. The minimum absolute atomic E-state index is 0.134. The molecule has 4 nitrogen and oxygen atoms in total. The third-order valence-corrected chi connectivity index (χ3v) is 2.85. The van der Waals surface area contributed by atoms with E-state index in [1.807, 2.05) is 13.8 Å². The molecule has 0 saturated heterocycles. The van der Waals surface area contributed by atoms with Gasteiger partial charge in [-0.25, -0.2) is 0 Å². The van der Waals surface area contributed by atoms with Gasteiger partial charge in [-0.1, -0.05) is 20.8 Å². The minimum Gasteiger partial charge on any atom is -0.497 e. The number of hydrogen-bond donors (Lipinski definition) is 2. The number of rotatable bonds is 4. The van der Waals surface area contributed by atoms with Crippen molar-refractivity contribution in [3.8, 4) is 5.75 Å². The molecular weight excluding hydrogens is 252 g/mol. The highest BCUT2D eigenvalue weighted by atomic mass is 16.5. The summed E-state index contributed by atoms with van der Waals surface area (Å²) in [4.78, 5) is 12.3. The average molecular weight is 278 g/mol. The Labute approximate surface area is 121 Å². The topological polar surface area (TPSA) is 64.3 Å². The first-order valence-electron chi connectivity index (χ1n) is 6.79. The van der Waals surface area contributed by atoms with Crippen LogP contribution in [0.15, 0.2) is 18.2 Å². The number of benzene rings is 1. The molecule has 0 radical (unpaired) electrons. The number of carbonyl (C=O) groups is 1. The smallest absolute Gasteiger partial charge is 0.251 e. The molecule has 0 atom stereocenters. The normalized spacial score (nSPS) is 12.1. The third kappa shape index (κ3) is 5.11. The summed E-state index contributed by atoms with van der Waals surface area (Å²) in [6, 6.07) is 5.04. The molecule has 0 aliphatic rings. The number of anilines is 1. The van der Waals surface area contributed by atoms with Crippen LogP contribution in [0.4, 0.5) is 5.69 Å². The summed E-state index contributed by atoms with van der Waals surface area (Å²) >= 11 is 0. The molecule has 0 spiro atoms. The van der Waals surface area contributed by atoms with Gasteiger partial charge in [-0.15, -0.1) is 0 Å². The van der Waals surface area contributed by atoms with Crippen molar-refractivity contribution < 1.29 is 9.53 Å². The van der Waals surface area contributed by atoms with Crippen LogP contribution in [-0.4, -0.2) is 18.6 Å². The number of amides is 1. The van der Waals surface area contributed by atoms with E-state index in [2.05, 4.69) is 26.1 Å². The highest BCUT2D eigenvalue weighted by Crippen LogP contribution is 2.27.